The van der Waals surface area contributed by atoms with Crippen LogP contribution in [0.2, 0.25) is 15.1 Å². The predicted octanol–water partition coefficient (Wildman–Crippen LogP) is 5.05. The van der Waals surface area contributed by atoms with Crippen LogP contribution in [0, 0.1) is 13.8 Å². The molecule has 2 rings (SSSR count). The van der Waals surface area contributed by atoms with E-state index < -0.39 is 0 Å². The van der Waals surface area contributed by atoms with Crippen molar-refractivity contribution in [3.63, 3.8) is 0 Å². The Morgan fingerprint density at radius 3 is 1.75 bits per heavy atom. The Labute approximate surface area is 110 Å². The SMILES string of the molecule is Cc1ccc(C)n1-c1c(Cl)cc(Cl)cc1Cl. The second-order valence-corrected chi connectivity index (χ2v) is 4.92. The minimum Gasteiger partial charge on any atom is -0.316 e. The first kappa shape index (κ1) is 11.8. The van der Waals surface area contributed by atoms with E-state index >= 15 is 0 Å². The summed E-state index contributed by atoms with van der Waals surface area (Å²) in [7, 11) is 0. The summed E-state index contributed by atoms with van der Waals surface area (Å²) in [5, 5.41) is 1.65. The maximum absolute atomic E-state index is 6.18. The van der Waals surface area contributed by atoms with Gasteiger partial charge in [-0.2, -0.15) is 0 Å². The Bertz CT molecular complexity index is 501. The molecule has 0 fully saturated rings. The number of hydrogen-bond donors (Lipinski definition) is 0. The zero-order valence-corrected chi connectivity index (χ0v) is 11.2. The fourth-order valence-corrected chi connectivity index (χ4v) is 2.76. The lowest BCUT2D eigenvalue weighted by atomic mass is 10.3. The second kappa shape index (κ2) is 4.33. The van der Waals surface area contributed by atoms with Crippen LogP contribution in [-0.4, -0.2) is 4.57 Å². The van der Waals surface area contributed by atoms with Gasteiger partial charge >= 0.3 is 0 Å². The minimum atomic E-state index is 0.543. The minimum absolute atomic E-state index is 0.543. The van der Waals surface area contributed by atoms with Gasteiger partial charge in [0.05, 0.1) is 15.7 Å². The normalized spacial score (nSPS) is 10.8. The fraction of sp³-hybridized carbons (Fsp3) is 0.167. The average molecular weight is 275 g/mol. The van der Waals surface area contributed by atoms with Gasteiger partial charge in [0.15, 0.2) is 0 Å². The first-order valence-corrected chi connectivity index (χ1v) is 5.94. The number of nitrogens with zero attached hydrogens (tertiary/aromatic N) is 1. The number of rotatable bonds is 1. The molecular weight excluding hydrogens is 264 g/mol. The molecule has 84 valence electrons. The Morgan fingerprint density at radius 2 is 1.31 bits per heavy atom. The second-order valence-electron chi connectivity index (χ2n) is 3.67. The maximum atomic E-state index is 6.18. The fourth-order valence-electron chi connectivity index (χ4n) is 1.77. The highest BCUT2D eigenvalue weighted by molar-refractivity contribution is 6.40. The summed E-state index contributed by atoms with van der Waals surface area (Å²) in [5.41, 5.74) is 2.96. The lowest BCUT2D eigenvalue weighted by Crippen LogP contribution is -2.00. The van der Waals surface area contributed by atoms with E-state index in [1.165, 1.54) is 0 Å². The van der Waals surface area contributed by atoms with Gasteiger partial charge in [-0.3, -0.25) is 0 Å². The third kappa shape index (κ3) is 1.95. The number of halogens is 3. The maximum Gasteiger partial charge on any atom is 0.0831 e. The molecule has 1 heterocycles. The molecule has 0 aliphatic heterocycles. The van der Waals surface area contributed by atoms with E-state index in [-0.39, 0.29) is 0 Å². The molecule has 1 aromatic heterocycles. The van der Waals surface area contributed by atoms with Gasteiger partial charge in [-0.05, 0) is 38.1 Å². The molecule has 0 bridgehead atoms. The van der Waals surface area contributed by atoms with Crippen molar-refractivity contribution in [2.75, 3.05) is 0 Å². The molecule has 0 radical (unpaired) electrons. The van der Waals surface area contributed by atoms with Gasteiger partial charge in [0, 0.05) is 16.4 Å². The molecule has 2 aromatic rings. The van der Waals surface area contributed by atoms with Crippen LogP contribution < -0.4 is 0 Å². The monoisotopic (exact) mass is 273 g/mol. The Hall–Kier alpha value is -0.630. The van der Waals surface area contributed by atoms with Crippen molar-refractivity contribution in [1.82, 2.24) is 4.57 Å². The van der Waals surface area contributed by atoms with Gasteiger partial charge in [-0.15, -0.1) is 0 Å². The molecule has 4 heteroatoms. The van der Waals surface area contributed by atoms with Gasteiger partial charge in [-0.25, -0.2) is 0 Å². The lowest BCUT2D eigenvalue weighted by Gasteiger charge is -2.13. The van der Waals surface area contributed by atoms with Gasteiger partial charge in [0.25, 0.3) is 0 Å². The molecule has 1 aromatic carbocycles. The van der Waals surface area contributed by atoms with Crippen molar-refractivity contribution in [2.24, 2.45) is 0 Å². The largest absolute Gasteiger partial charge is 0.316 e. The highest BCUT2D eigenvalue weighted by Crippen LogP contribution is 2.33. The van der Waals surface area contributed by atoms with E-state index in [1.807, 2.05) is 30.5 Å². The van der Waals surface area contributed by atoms with Crippen LogP contribution in [0.5, 0.6) is 0 Å². The summed E-state index contributed by atoms with van der Waals surface area (Å²) in [6.07, 6.45) is 0. The summed E-state index contributed by atoms with van der Waals surface area (Å²) in [6.45, 7) is 4.02. The number of hydrogen-bond acceptors (Lipinski definition) is 0. The molecule has 0 spiro atoms. The zero-order chi connectivity index (χ0) is 11.9. The lowest BCUT2D eigenvalue weighted by molar-refractivity contribution is 0.966. The molecule has 1 nitrogen and oxygen atoms in total. The van der Waals surface area contributed by atoms with Crippen molar-refractivity contribution in [3.8, 4) is 5.69 Å². The summed E-state index contributed by atoms with van der Waals surface area (Å²) >= 11 is 18.2. The van der Waals surface area contributed by atoms with Crippen LogP contribution in [-0.2, 0) is 0 Å². The zero-order valence-electron chi connectivity index (χ0n) is 8.89. The van der Waals surface area contributed by atoms with Crippen LogP contribution in [0.4, 0.5) is 0 Å². The topological polar surface area (TPSA) is 4.93 Å². The highest BCUT2D eigenvalue weighted by atomic mass is 35.5. The van der Waals surface area contributed by atoms with Crippen LogP contribution in [0.15, 0.2) is 24.3 Å². The predicted molar refractivity (Wildman–Crippen MR) is 70.3 cm³/mol. The molecule has 0 atom stereocenters. The van der Waals surface area contributed by atoms with E-state index in [4.69, 9.17) is 34.8 Å². The van der Waals surface area contributed by atoms with Crippen molar-refractivity contribution in [3.05, 3.63) is 50.7 Å². The van der Waals surface area contributed by atoms with Crippen LogP contribution in [0.1, 0.15) is 11.4 Å². The molecule has 0 saturated carbocycles. The molecule has 0 amide bonds. The summed E-state index contributed by atoms with van der Waals surface area (Å²) < 4.78 is 2.01. The summed E-state index contributed by atoms with van der Waals surface area (Å²) in [4.78, 5) is 0. The molecule has 0 aliphatic rings. The van der Waals surface area contributed by atoms with E-state index in [1.54, 1.807) is 12.1 Å². The van der Waals surface area contributed by atoms with Gasteiger partial charge in [0.2, 0.25) is 0 Å². The molecular formula is C12H10Cl3N. The smallest absolute Gasteiger partial charge is 0.0831 e. The summed E-state index contributed by atoms with van der Waals surface area (Å²) in [5.74, 6) is 0. The molecule has 0 N–H and O–H groups in total. The van der Waals surface area contributed by atoms with Gasteiger partial charge < -0.3 is 4.57 Å². The first-order chi connectivity index (χ1) is 7.50. The third-order valence-electron chi connectivity index (χ3n) is 2.48. The average Bonchev–Trinajstić information content (AvgIpc) is 2.47. The van der Waals surface area contributed by atoms with Crippen molar-refractivity contribution >= 4 is 34.8 Å². The number of benzene rings is 1. The van der Waals surface area contributed by atoms with Gasteiger partial charge in [-0.1, -0.05) is 34.8 Å². The first-order valence-electron chi connectivity index (χ1n) is 4.80. The van der Waals surface area contributed by atoms with E-state index in [0.717, 1.165) is 17.1 Å². The van der Waals surface area contributed by atoms with Gasteiger partial charge in [0.1, 0.15) is 0 Å². The number of aryl methyl sites for hydroxylation is 2. The molecule has 0 unspecified atom stereocenters. The van der Waals surface area contributed by atoms with E-state index in [2.05, 4.69) is 0 Å². The number of aromatic nitrogens is 1. The van der Waals surface area contributed by atoms with Crippen molar-refractivity contribution in [1.29, 1.82) is 0 Å². The van der Waals surface area contributed by atoms with Crippen LogP contribution >= 0.6 is 34.8 Å². The van der Waals surface area contributed by atoms with Crippen LogP contribution in [0.25, 0.3) is 5.69 Å². The standard InChI is InChI=1S/C12H10Cl3N/c1-7-3-4-8(2)16(7)12-10(14)5-9(13)6-11(12)15/h3-6H,1-2H3. The Kier molecular flexibility index (Phi) is 3.20. The molecule has 0 aliphatic carbocycles. The highest BCUT2D eigenvalue weighted by Gasteiger charge is 2.12. The summed E-state index contributed by atoms with van der Waals surface area (Å²) in [6, 6.07) is 7.44. The quantitative estimate of drug-likeness (QED) is 0.685. The third-order valence-corrected chi connectivity index (χ3v) is 3.27. The molecule has 16 heavy (non-hydrogen) atoms. The Balaban J connectivity index is 2.74. The van der Waals surface area contributed by atoms with Crippen LogP contribution in [0.3, 0.4) is 0 Å². The van der Waals surface area contributed by atoms with Crippen molar-refractivity contribution < 1.29 is 0 Å². The molecule has 0 saturated heterocycles. The van der Waals surface area contributed by atoms with E-state index in [0.29, 0.717) is 15.1 Å². The van der Waals surface area contributed by atoms with Crippen molar-refractivity contribution in [2.45, 2.75) is 13.8 Å². The van der Waals surface area contributed by atoms with E-state index in [9.17, 15) is 0 Å². The Morgan fingerprint density at radius 1 is 0.875 bits per heavy atom.